The van der Waals surface area contributed by atoms with Gasteiger partial charge in [0.05, 0.1) is 0 Å². The van der Waals surface area contributed by atoms with Gasteiger partial charge in [-0.3, -0.25) is 14.2 Å². The maximum absolute atomic E-state index is 12.0. The Bertz CT molecular complexity index is 511. The van der Waals surface area contributed by atoms with Crippen LogP contribution in [-0.2, 0) is 4.79 Å². The summed E-state index contributed by atoms with van der Waals surface area (Å²) in [5.74, 6) is -0.237. The van der Waals surface area contributed by atoms with Crippen LogP contribution in [0.15, 0.2) is 11.1 Å². The lowest BCUT2D eigenvalue weighted by Crippen LogP contribution is -2.41. The number of anilines is 1. The predicted octanol–water partition coefficient (Wildman–Crippen LogP) is 1.34. The van der Waals surface area contributed by atoms with Crippen LogP contribution in [0.1, 0.15) is 39.7 Å². The van der Waals surface area contributed by atoms with E-state index in [1.807, 2.05) is 13.8 Å². The van der Waals surface area contributed by atoms with Crippen LogP contribution >= 0.6 is 11.6 Å². The normalized spacial score (nSPS) is 12.5. The number of nitrogens with zero attached hydrogens (tertiary/aromatic N) is 2. The number of hydrogen-bond donors (Lipinski definition) is 2. The largest absolute Gasteiger partial charge is 0.392 e. The first-order chi connectivity index (χ1) is 8.92. The van der Waals surface area contributed by atoms with Gasteiger partial charge in [0.15, 0.2) is 5.15 Å². The molecule has 1 heterocycles. The van der Waals surface area contributed by atoms with Gasteiger partial charge in [-0.2, -0.15) is 0 Å². The first kappa shape index (κ1) is 15.5. The summed E-state index contributed by atoms with van der Waals surface area (Å²) >= 11 is 5.65. The third kappa shape index (κ3) is 3.47. The van der Waals surface area contributed by atoms with Gasteiger partial charge < -0.3 is 11.1 Å². The maximum Gasteiger partial charge on any atom is 0.278 e. The van der Waals surface area contributed by atoms with Crippen molar-refractivity contribution >= 4 is 23.2 Å². The van der Waals surface area contributed by atoms with Crippen LogP contribution in [-0.4, -0.2) is 21.5 Å². The lowest BCUT2D eigenvalue weighted by atomic mass is 10.1. The van der Waals surface area contributed by atoms with Crippen molar-refractivity contribution in [3.8, 4) is 0 Å². The van der Waals surface area contributed by atoms with Crippen LogP contribution in [0.3, 0.4) is 0 Å². The average molecular weight is 287 g/mol. The Morgan fingerprint density at radius 2 is 2.11 bits per heavy atom. The Labute approximate surface area is 117 Å². The molecule has 0 aromatic carbocycles. The fourth-order valence-electron chi connectivity index (χ4n) is 1.68. The molecule has 1 aromatic rings. The Morgan fingerprint density at radius 3 is 2.63 bits per heavy atom. The van der Waals surface area contributed by atoms with E-state index >= 15 is 0 Å². The van der Waals surface area contributed by atoms with Crippen molar-refractivity contribution in [2.45, 2.75) is 45.7 Å². The quantitative estimate of drug-likeness (QED) is 0.799. The van der Waals surface area contributed by atoms with Crippen LogP contribution in [0.5, 0.6) is 0 Å². The third-order valence-electron chi connectivity index (χ3n) is 3.11. The molecule has 1 unspecified atom stereocenters. The molecule has 0 bridgehead atoms. The molecule has 0 aliphatic heterocycles. The van der Waals surface area contributed by atoms with Crippen molar-refractivity contribution in [1.29, 1.82) is 0 Å². The summed E-state index contributed by atoms with van der Waals surface area (Å²) < 4.78 is 1.18. The molecule has 0 saturated carbocycles. The van der Waals surface area contributed by atoms with Crippen molar-refractivity contribution in [3.63, 3.8) is 0 Å². The number of aromatic nitrogens is 2. The first-order valence-electron chi connectivity index (χ1n) is 6.24. The molecule has 7 heteroatoms. The number of nitrogens with one attached hydrogen (secondary N) is 1. The van der Waals surface area contributed by atoms with Crippen molar-refractivity contribution in [2.24, 2.45) is 0 Å². The smallest absolute Gasteiger partial charge is 0.278 e. The lowest BCUT2D eigenvalue weighted by Gasteiger charge is -2.20. The zero-order valence-corrected chi connectivity index (χ0v) is 12.1. The molecule has 1 aromatic heterocycles. The molecular weight excluding hydrogens is 268 g/mol. The molecule has 0 aliphatic carbocycles. The van der Waals surface area contributed by atoms with Crippen molar-refractivity contribution in [2.75, 3.05) is 5.73 Å². The van der Waals surface area contributed by atoms with Gasteiger partial charge in [-0.1, -0.05) is 25.4 Å². The number of carbonyl (C=O) groups is 1. The van der Waals surface area contributed by atoms with E-state index in [1.165, 1.54) is 10.9 Å². The monoisotopic (exact) mass is 286 g/mol. The van der Waals surface area contributed by atoms with Gasteiger partial charge in [-0.05, 0) is 19.8 Å². The van der Waals surface area contributed by atoms with E-state index in [-0.39, 0.29) is 22.8 Å². The van der Waals surface area contributed by atoms with Crippen molar-refractivity contribution < 1.29 is 4.79 Å². The van der Waals surface area contributed by atoms with Crippen LogP contribution < -0.4 is 16.6 Å². The molecule has 0 aliphatic rings. The molecule has 19 heavy (non-hydrogen) atoms. The summed E-state index contributed by atoms with van der Waals surface area (Å²) in [7, 11) is 0. The SMILES string of the molecule is CCC(CC)NC(=O)C(C)n1cnc(Cl)c(N)c1=O. The third-order valence-corrected chi connectivity index (χ3v) is 3.41. The van der Waals surface area contributed by atoms with Crippen LogP contribution in [0.25, 0.3) is 0 Å². The fourth-order valence-corrected chi connectivity index (χ4v) is 1.80. The number of nitrogen functional groups attached to an aromatic ring is 1. The minimum atomic E-state index is -0.680. The van der Waals surface area contributed by atoms with E-state index in [9.17, 15) is 9.59 Å². The van der Waals surface area contributed by atoms with Gasteiger partial charge >= 0.3 is 0 Å². The highest BCUT2D eigenvalue weighted by Gasteiger charge is 2.20. The number of carbonyl (C=O) groups excluding carboxylic acids is 1. The van der Waals surface area contributed by atoms with E-state index in [0.717, 1.165) is 12.8 Å². The van der Waals surface area contributed by atoms with Gasteiger partial charge in [-0.25, -0.2) is 4.98 Å². The lowest BCUT2D eigenvalue weighted by molar-refractivity contribution is -0.124. The second-order valence-corrected chi connectivity index (χ2v) is 4.72. The van der Waals surface area contributed by atoms with E-state index in [0.29, 0.717) is 0 Å². The molecule has 106 valence electrons. The second kappa shape index (κ2) is 6.56. The van der Waals surface area contributed by atoms with Gasteiger partial charge in [0.25, 0.3) is 5.56 Å². The zero-order valence-electron chi connectivity index (χ0n) is 11.3. The predicted molar refractivity (Wildman–Crippen MR) is 75.1 cm³/mol. The van der Waals surface area contributed by atoms with Gasteiger partial charge in [0, 0.05) is 6.04 Å². The Morgan fingerprint density at radius 1 is 1.53 bits per heavy atom. The molecule has 6 nitrogen and oxygen atoms in total. The number of nitrogens with two attached hydrogens (primary N) is 1. The van der Waals surface area contributed by atoms with E-state index in [1.54, 1.807) is 6.92 Å². The minimum Gasteiger partial charge on any atom is -0.392 e. The maximum atomic E-state index is 12.0. The van der Waals surface area contributed by atoms with Crippen molar-refractivity contribution in [3.05, 3.63) is 21.8 Å². The summed E-state index contributed by atoms with van der Waals surface area (Å²) in [4.78, 5) is 27.7. The number of amides is 1. The molecule has 3 N–H and O–H groups in total. The highest BCUT2D eigenvalue weighted by Crippen LogP contribution is 2.11. The molecule has 1 amide bonds. The van der Waals surface area contributed by atoms with Crippen LogP contribution in [0.4, 0.5) is 5.69 Å². The summed E-state index contributed by atoms with van der Waals surface area (Å²) in [5.41, 5.74) is 4.86. The number of hydrogen-bond acceptors (Lipinski definition) is 4. The van der Waals surface area contributed by atoms with E-state index in [4.69, 9.17) is 17.3 Å². The zero-order chi connectivity index (χ0) is 14.6. The van der Waals surface area contributed by atoms with Crippen LogP contribution in [0.2, 0.25) is 5.15 Å². The first-order valence-corrected chi connectivity index (χ1v) is 6.62. The van der Waals surface area contributed by atoms with Gasteiger partial charge in [0.1, 0.15) is 18.1 Å². The topological polar surface area (TPSA) is 90.0 Å². The fraction of sp³-hybridized carbons (Fsp3) is 0.583. The Hall–Kier alpha value is -1.56. The Balaban J connectivity index is 2.95. The minimum absolute atomic E-state index is 0.0474. The molecule has 0 saturated heterocycles. The Kier molecular flexibility index (Phi) is 5.35. The van der Waals surface area contributed by atoms with Crippen molar-refractivity contribution in [1.82, 2.24) is 14.9 Å². The average Bonchev–Trinajstić information content (AvgIpc) is 2.41. The number of rotatable bonds is 5. The summed E-state index contributed by atoms with van der Waals surface area (Å²) in [6, 6.07) is -0.580. The summed E-state index contributed by atoms with van der Waals surface area (Å²) in [5, 5.41) is 2.83. The second-order valence-electron chi connectivity index (χ2n) is 4.36. The summed E-state index contributed by atoms with van der Waals surface area (Å²) in [6.45, 7) is 5.61. The highest BCUT2D eigenvalue weighted by atomic mass is 35.5. The highest BCUT2D eigenvalue weighted by molar-refractivity contribution is 6.31. The number of halogens is 1. The van der Waals surface area contributed by atoms with Gasteiger partial charge in [-0.15, -0.1) is 0 Å². The van der Waals surface area contributed by atoms with E-state index < -0.39 is 11.6 Å². The van der Waals surface area contributed by atoms with Gasteiger partial charge in [0.2, 0.25) is 5.91 Å². The molecule has 0 radical (unpaired) electrons. The molecule has 0 fully saturated rings. The molecular formula is C12H19ClN4O2. The van der Waals surface area contributed by atoms with Crippen LogP contribution in [0, 0.1) is 0 Å². The standard InChI is InChI=1S/C12H19ClN4O2/c1-4-8(5-2)16-11(18)7(3)17-6-15-10(13)9(14)12(17)19/h6-8H,4-5,14H2,1-3H3,(H,16,18). The molecule has 1 atom stereocenters. The molecule has 0 spiro atoms. The van der Waals surface area contributed by atoms with E-state index in [2.05, 4.69) is 10.3 Å². The summed E-state index contributed by atoms with van der Waals surface area (Å²) in [6.07, 6.45) is 2.91. The molecule has 1 rings (SSSR count).